The van der Waals surface area contributed by atoms with Crippen LogP contribution in [0.4, 0.5) is 5.69 Å². The van der Waals surface area contributed by atoms with Crippen LogP contribution in [0.3, 0.4) is 0 Å². The highest BCUT2D eigenvalue weighted by Gasteiger charge is 2.27. The van der Waals surface area contributed by atoms with Crippen LogP contribution in [0.5, 0.6) is 5.75 Å². The van der Waals surface area contributed by atoms with E-state index in [1.165, 1.54) is 22.5 Å². The molecule has 1 aliphatic heterocycles. The van der Waals surface area contributed by atoms with Crippen molar-refractivity contribution < 1.29 is 22.7 Å². The topological polar surface area (TPSA) is 84.9 Å². The van der Waals surface area contributed by atoms with Gasteiger partial charge in [-0.2, -0.15) is 4.31 Å². The van der Waals surface area contributed by atoms with Gasteiger partial charge in [0.2, 0.25) is 10.0 Å². The molecule has 0 saturated carbocycles. The second-order valence-corrected chi connectivity index (χ2v) is 9.11. The number of sulfonamides is 1. The highest BCUT2D eigenvalue weighted by atomic mass is 35.5. The number of morpholine rings is 1. The summed E-state index contributed by atoms with van der Waals surface area (Å²) in [5.74, 6) is -0.0940. The molecule has 2 aromatic carbocycles. The molecule has 3 rings (SSSR count). The van der Waals surface area contributed by atoms with Crippen LogP contribution in [0.15, 0.2) is 41.3 Å². The fourth-order valence-electron chi connectivity index (χ4n) is 2.90. The quantitative estimate of drug-likeness (QED) is 0.749. The van der Waals surface area contributed by atoms with Crippen molar-refractivity contribution in [3.63, 3.8) is 0 Å². The SMILES string of the molecule is Cc1ccc(C)c(NC(=O)COc2ccc(S(=O)(=O)N3CCOCC3)cc2Cl)c1. The number of amides is 1. The third-order valence-corrected chi connectivity index (χ3v) is 6.73. The summed E-state index contributed by atoms with van der Waals surface area (Å²) in [6.07, 6.45) is 0. The summed E-state index contributed by atoms with van der Waals surface area (Å²) in [7, 11) is -3.65. The van der Waals surface area contributed by atoms with Crippen LogP contribution in [-0.2, 0) is 19.6 Å². The van der Waals surface area contributed by atoms with Crippen LogP contribution in [0.2, 0.25) is 5.02 Å². The maximum absolute atomic E-state index is 12.7. The smallest absolute Gasteiger partial charge is 0.262 e. The van der Waals surface area contributed by atoms with Crippen molar-refractivity contribution in [2.24, 2.45) is 0 Å². The van der Waals surface area contributed by atoms with Gasteiger partial charge in [-0.05, 0) is 49.2 Å². The van der Waals surface area contributed by atoms with Gasteiger partial charge in [0.05, 0.1) is 23.1 Å². The van der Waals surface area contributed by atoms with Gasteiger partial charge in [0.1, 0.15) is 5.75 Å². The van der Waals surface area contributed by atoms with Gasteiger partial charge in [-0.1, -0.05) is 23.7 Å². The van der Waals surface area contributed by atoms with Gasteiger partial charge in [0.15, 0.2) is 6.61 Å². The lowest BCUT2D eigenvalue weighted by molar-refractivity contribution is -0.118. The van der Waals surface area contributed by atoms with Gasteiger partial charge in [0.25, 0.3) is 5.91 Å². The first-order valence-corrected chi connectivity index (χ1v) is 11.0. The average molecular weight is 439 g/mol. The minimum atomic E-state index is -3.65. The van der Waals surface area contributed by atoms with Gasteiger partial charge in [-0.25, -0.2) is 8.42 Å². The summed E-state index contributed by atoms with van der Waals surface area (Å²) >= 11 is 6.20. The van der Waals surface area contributed by atoms with Crippen molar-refractivity contribution >= 4 is 33.2 Å². The Morgan fingerprint density at radius 3 is 2.59 bits per heavy atom. The molecular weight excluding hydrogens is 416 g/mol. The Morgan fingerprint density at radius 2 is 1.90 bits per heavy atom. The number of benzene rings is 2. The molecule has 1 amide bonds. The van der Waals surface area contributed by atoms with Crippen molar-refractivity contribution in [3.05, 3.63) is 52.5 Å². The maximum atomic E-state index is 12.7. The first-order chi connectivity index (χ1) is 13.8. The molecule has 1 aliphatic rings. The van der Waals surface area contributed by atoms with Gasteiger partial charge < -0.3 is 14.8 Å². The van der Waals surface area contributed by atoms with Crippen LogP contribution in [0.1, 0.15) is 11.1 Å². The summed E-state index contributed by atoms with van der Waals surface area (Å²) in [5.41, 5.74) is 2.70. The predicted molar refractivity (Wildman–Crippen MR) is 111 cm³/mol. The molecule has 1 fully saturated rings. The second-order valence-electron chi connectivity index (χ2n) is 6.76. The van der Waals surface area contributed by atoms with E-state index in [1.54, 1.807) is 0 Å². The molecule has 0 unspecified atom stereocenters. The number of nitrogens with one attached hydrogen (secondary N) is 1. The lowest BCUT2D eigenvalue weighted by Gasteiger charge is -2.26. The van der Waals surface area contributed by atoms with Crippen LogP contribution < -0.4 is 10.1 Å². The van der Waals surface area contributed by atoms with Crippen molar-refractivity contribution in [3.8, 4) is 5.75 Å². The summed E-state index contributed by atoms with van der Waals surface area (Å²) in [4.78, 5) is 12.3. The fraction of sp³-hybridized carbons (Fsp3) is 0.350. The molecular formula is C20H23ClN2O5S. The zero-order valence-corrected chi connectivity index (χ0v) is 17.8. The first kappa shape index (κ1) is 21.6. The number of hydrogen-bond acceptors (Lipinski definition) is 5. The van der Waals surface area contributed by atoms with Crippen LogP contribution in [0, 0.1) is 13.8 Å². The highest BCUT2D eigenvalue weighted by molar-refractivity contribution is 7.89. The zero-order valence-electron chi connectivity index (χ0n) is 16.3. The third-order valence-electron chi connectivity index (χ3n) is 4.54. The molecule has 0 radical (unpaired) electrons. The summed E-state index contributed by atoms with van der Waals surface area (Å²) in [6, 6.07) is 10.00. The lowest BCUT2D eigenvalue weighted by atomic mass is 10.1. The van der Waals surface area contributed by atoms with E-state index in [0.717, 1.165) is 16.8 Å². The van der Waals surface area contributed by atoms with E-state index in [4.69, 9.17) is 21.1 Å². The van der Waals surface area contributed by atoms with E-state index in [9.17, 15) is 13.2 Å². The maximum Gasteiger partial charge on any atom is 0.262 e. The number of aryl methyl sites for hydroxylation is 2. The number of ether oxygens (including phenoxy) is 2. The monoisotopic (exact) mass is 438 g/mol. The minimum Gasteiger partial charge on any atom is -0.482 e. The summed E-state index contributed by atoms with van der Waals surface area (Å²) < 4.78 is 37.4. The average Bonchev–Trinajstić information content (AvgIpc) is 2.70. The Kier molecular flexibility index (Phi) is 6.79. The van der Waals surface area contributed by atoms with E-state index >= 15 is 0 Å². The number of hydrogen-bond donors (Lipinski definition) is 1. The number of carbonyl (C=O) groups is 1. The van der Waals surface area contributed by atoms with E-state index in [0.29, 0.717) is 26.3 Å². The number of rotatable bonds is 6. The van der Waals surface area contributed by atoms with Crippen LogP contribution in [-0.4, -0.2) is 51.5 Å². The molecule has 0 bridgehead atoms. The van der Waals surface area contributed by atoms with E-state index < -0.39 is 10.0 Å². The number of halogens is 1. The Morgan fingerprint density at radius 1 is 1.17 bits per heavy atom. The Bertz CT molecular complexity index is 1000. The van der Waals surface area contributed by atoms with E-state index in [1.807, 2.05) is 32.0 Å². The predicted octanol–water partition coefficient (Wildman–Crippen LogP) is 3.00. The molecule has 1 N–H and O–H groups in total. The molecule has 7 nitrogen and oxygen atoms in total. The van der Waals surface area contributed by atoms with Gasteiger partial charge in [-0.3, -0.25) is 4.79 Å². The van der Waals surface area contributed by atoms with Crippen molar-refractivity contribution in [2.75, 3.05) is 38.2 Å². The lowest BCUT2D eigenvalue weighted by Crippen LogP contribution is -2.40. The Balaban J connectivity index is 1.64. The normalized spacial score (nSPS) is 15.1. The molecule has 0 aromatic heterocycles. The highest BCUT2D eigenvalue weighted by Crippen LogP contribution is 2.29. The molecule has 1 saturated heterocycles. The molecule has 0 atom stereocenters. The van der Waals surface area contributed by atoms with E-state index in [-0.39, 0.29) is 28.2 Å². The number of anilines is 1. The molecule has 9 heteroatoms. The van der Waals surface area contributed by atoms with E-state index in [2.05, 4.69) is 5.32 Å². The number of carbonyl (C=O) groups excluding carboxylic acids is 1. The third kappa shape index (κ3) is 5.27. The zero-order chi connectivity index (χ0) is 21.0. The molecule has 0 spiro atoms. The number of nitrogens with zero attached hydrogens (tertiary/aromatic N) is 1. The van der Waals surface area contributed by atoms with Crippen LogP contribution in [0.25, 0.3) is 0 Å². The Labute approximate surface area is 175 Å². The summed E-state index contributed by atoms with van der Waals surface area (Å²) in [5, 5.41) is 2.92. The Hall–Kier alpha value is -2.13. The van der Waals surface area contributed by atoms with Crippen molar-refractivity contribution in [1.29, 1.82) is 0 Å². The molecule has 2 aromatic rings. The fourth-order valence-corrected chi connectivity index (χ4v) is 4.63. The minimum absolute atomic E-state index is 0.0802. The molecule has 156 valence electrons. The van der Waals surface area contributed by atoms with Crippen molar-refractivity contribution in [2.45, 2.75) is 18.7 Å². The van der Waals surface area contributed by atoms with Crippen molar-refractivity contribution in [1.82, 2.24) is 4.31 Å². The van der Waals surface area contributed by atoms with Gasteiger partial charge >= 0.3 is 0 Å². The molecule has 1 heterocycles. The second kappa shape index (κ2) is 9.13. The molecule has 29 heavy (non-hydrogen) atoms. The largest absolute Gasteiger partial charge is 0.482 e. The van der Waals surface area contributed by atoms with Gasteiger partial charge in [-0.15, -0.1) is 0 Å². The van der Waals surface area contributed by atoms with Gasteiger partial charge in [0, 0.05) is 18.8 Å². The summed E-state index contributed by atoms with van der Waals surface area (Å²) in [6.45, 7) is 4.93. The van der Waals surface area contributed by atoms with Crippen LogP contribution >= 0.6 is 11.6 Å². The molecule has 0 aliphatic carbocycles. The first-order valence-electron chi connectivity index (χ1n) is 9.15. The standard InChI is InChI=1S/C20H23ClN2O5S/c1-14-3-4-15(2)18(11-14)22-20(24)13-28-19-6-5-16(12-17(19)21)29(25,26)23-7-9-27-10-8-23/h3-6,11-12H,7-10,13H2,1-2H3,(H,22,24).